The van der Waals surface area contributed by atoms with Crippen LogP contribution >= 0.6 is 0 Å². The highest BCUT2D eigenvalue weighted by Gasteiger charge is 2.09. The Morgan fingerprint density at radius 3 is 2.52 bits per heavy atom. The Kier molecular flexibility index (Phi) is 5.04. The number of rotatable bonds is 6. The molecule has 0 aliphatic heterocycles. The van der Waals surface area contributed by atoms with Crippen molar-refractivity contribution in [1.29, 1.82) is 0 Å². The van der Waals surface area contributed by atoms with Crippen LogP contribution in [-0.2, 0) is 22.4 Å². The van der Waals surface area contributed by atoms with Crippen molar-refractivity contribution in [2.45, 2.75) is 19.3 Å². The zero-order chi connectivity index (χ0) is 15.1. The summed E-state index contributed by atoms with van der Waals surface area (Å²) >= 11 is 0. The van der Waals surface area contributed by atoms with Crippen LogP contribution in [0.4, 0.5) is 5.69 Å². The van der Waals surface area contributed by atoms with Gasteiger partial charge in [0.25, 0.3) is 0 Å². The van der Waals surface area contributed by atoms with Crippen molar-refractivity contribution in [3.63, 3.8) is 0 Å². The average molecular weight is 284 g/mol. The highest BCUT2D eigenvalue weighted by atomic mass is 16.4. The maximum Gasteiger partial charge on any atom is 0.307 e. The number of amides is 1. The third-order valence-electron chi connectivity index (χ3n) is 3.02. The maximum atomic E-state index is 11.9. The number of carbonyl (C=O) groups is 2. The van der Waals surface area contributed by atoms with Gasteiger partial charge in [0.05, 0.1) is 6.42 Å². The van der Waals surface area contributed by atoms with Gasteiger partial charge < -0.3 is 10.4 Å². The summed E-state index contributed by atoms with van der Waals surface area (Å²) in [6.07, 6.45) is 4.23. The van der Waals surface area contributed by atoms with E-state index in [2.05, 4.69) is 10.3 Å². The van der Waals surface area contributed by atoms with Gasteiger partial charge >= 0.3 is 5.97 Å². The van der Waals surface area contributed by atoms with E-state index in [1.54, 1.807) is 36.7 Å². The van der Waals surface area contributed by atoms with Gasteiger partial charge in [-0.3, -0.25) is 14.6 Å². The first kappa shape index (κ1) is 14.7. The third-order valence-corrected chi connectivity index (χ3v) is 3.02. The molecule has 2 N–H and O–H groups in total. The summed E-state index contributed by atoms with van der Waals surface area (Å²) in [6.45, 7) is 0. The van der Waals surface area contributed by atoms with E-state index < -0.39 is 5.97 Å². The molecule has 5 heteroatoms. The van der Waals surface area contributed by atoms with Gasteiger partial charge in [-0.2, -0.15) is 0 Å². The Labute approximate surface area is 122 Å². The third kappa shape index (κ3) is 4.72. The zero-order valence-corrected chi connectivity index (χ0v) is 11.5. The Morgan fingerprint density at radius 2 is 1.81 bits per heavy atom. The normalized spacial score (nSPS) is 10.1. The van der Waals surface area contributed by atoms with Crippen LogP contribution in [0, 0.1) is 0 Å². The number of carboxylic acids is 1. The van der Waals surface area contributed by atoms with Crippen molar-refractivity contribution in [2.24, 2.45) is 0 Å². The topological polar surface area (TPSA) is 79.3 Å². The van der Waals surface area contributed by atoms with Crippen molar-refractivity contribution in [3.8, 4) is 0 Å². The summed E-state index contributed by atoms with van der Waals surface area (Å²) in [4.78, 5) is 26.7. The van der Waals surface area contributed by atoms with Crippen LogP contribution in [0.2, 0.25) is 0 Å². The molecule has 0 saturated heterocycles. The molecule has 0 radical (unpaired) electrons. The van der Waals surface area contributed by atoms with E-state index in [0.717, 1.165) is 5.56 Å². The number of carbonyl (C=O) groups excluding carboxylic acids is 1. The summed E-state index contributed by atoms with van der Waals surface area (Å²) in [7, 11) is 0. The lowest BCUT2D eigenvalue weighted by atomic mass is 10.1. The standard InChI is InChI=1S/C16H16N2O3/c19-15(6-5-12-7-9-17-10-8-12)18-14-4-2-1-3-13(14)11-16(20)21/h1-4,7-10H,5-6,11H2,(H,18,19)(H,20,21). The maximum absolute atomic E-state index is 11.9. The molecule has 2 rings (SSSR count). The summed E-state index contributed by atoms with van der Waals surface area (Å²) in [5.74, 6) is -1.06. The van der Waals surface area contributed by atoms with Gasteiger partial charge in [0.1, 0.15) is 0 Å². The number of nitrogens with one attached hydrogen (secondary N) is 1. The summed E-state index contributed by atoms with van der Waals surface area (Å²) < 4.78 is 0. The molecule has 0 aliphatic rings. The van der Waals surface area contributed by atoms with Crippen LogP contribution in [0.1, 0.15) is 17.5 Å². The Hall–Kier alpha value is -2.69. The number of aromatic nitrogens is 1. The summed E-state index contributed by atoms with van der Waals surface area (Å²) in [5, 5.41) is 11.6. The van der Waals surface area contributed by atoms with Gasteiger partial charge in [0.2, 0.25) is 5.91 Å². The minimum Gasteiger partial charge on any atom is -0.481 e. The first-order valence-corrected chi connectivity index (χ1v) is 6.63. The van der Waals surface area contributed by atoms with Crippen LogP contribution in [0.15, 0.2) is 48.8 Å². The van der Waals surface area contributed by atoms with Crippen LogP contribution in [0.5, 0.6) is 0 Å². The van der Waals surface area contributed by atoms with Crippen molar-refractivity contribution in [3.05, 3.63) is 59.9 Å². The van der Waals surface area contributed by atoms with Gasteiger partial charge in [0, 0.05) is 24.5 Å². The van der Waals surface area contributed by atoms with E-state index in [9.17, 15) is 9.59 Å². The fraction of sp³-hybridized carbons (Fsp3) is 0.188. The SMILES string of the molecule is O=C(O)Cc1ccccc1NC(=O)CCc1ccncc1. The minimum absolute atomic E-state index is 0.110. The molecule has 0 spiro atoms. The molecule has 0 bridgehead atoms. The second kappa shape index (κ2) is 7.19. The fourth-order valence-corrected chi connectivity index (χ4v) is 1.98. The second-order valence-corrected chi connectivity index (χ2v) is 4.63. The molecule has 0 fully saturated rings. The zero-order valence-electron chi connectivity index (χ0n) is 11.5. The van der Waals surface area contributed by atoms with E-state index in [4.69, 9.17) is 5.11 Å². The molecule has 1 aromatic carbocycles. The van der Waals surface area contributed by atoms with Crippen LogP contribution in [-0.4, -0.2) is 22.0 Å². The molecule has 1 amide bonds. The van der Waals surface area contributed by atoms with Crippen LogP contribution in [0.3, 0.4) is 0 Å². The Balaban J connectivity index is 1.95. The number of hydrogen-bond acceptors (Lipinski definition) is 3. The molecular weight excluding hydrogens is 268 g/mol. The fourth-order valence-electron chi connectivity index (χ4n) is 1.98. The summed E-state index contributed by atoms with van der Waals surface area (Å²) in [5.41, 5.74) is 2.20. The van der Waals surface area contributed by atoms with Gasteiger partial charge in [0.15, 0.2) is 0 Å². The van der Waals surface area contributed by atoms with Crippen LogP contribution in [0.25, 0.3) is 0 Å². The molecule has 0 atom stereocenters. The molecule has 0 aliphatic carbocycles. The predicted octanol–water partition coefficient (Wildman–Crippen LogP) is 2.28. The number of pyridine rings is 1. The molecule has 5 nitrogen and oxygen atoms in total. The molecule has 1 aromatic heterocycles. The number of aryl methyl sites for hydroxylation is 1. The molecule has 108 valence electrons. The van der Waals surface area contributed by atoms with E-state index in [0.29, 0.717) is 24.1 Å². The molecule has 2 aromatic rings. The molecule has 0 saturated carbocycles. The number of nitrogens with zero attached hydrogens (tertiary/aromatic N) is 1. The molecular formula is C16H16N2O3. The second-order valence-electron chi connectivity index (χ2n) is 4.63. The van der Waals surface area contributed by atoms with E-state index >= 15 is 0 Å². The monoisotopic (exact) mass is 284 g/mol. The first-order valence-electron chi connectivity index (χ1n) is 6.63. The lowest BCUT2D eigenvalue weighted by Gasteiger charge is -2.09. The van der Waals surface area contributed by atoms with Crippen molar-refractivity contribution in [1.82, 2.24) is 4.98 Å². The van der Waals surface area contributed by atoms with Crippen molar-refractivity contribution >= 4 is 17.6 Å². The highest BCUT2D eigenvalue weighted by Crippen LogP contribution is 2.16. The minimum atomic E-state index is -0.923. The van der Waals surface area contributed by atoms with Gasteiger partial charge in [-0.1, -0.05) is 18.2 Å². The first-order chi connectivity index (χ1) is 10.1. The number of aliphatic carboxylic acids is 1. The molecule has 1 heterocycles. The van der Waals surface area contributed by atoms with E-state index in [-0.39, 0.29) is 12.3 Å². The average Bonchev–Trinajstić information content (AvgIpc) is 2.48. The smallest absolute Gasteiger partial charge is 0.307 e. The molecule has 21 heavy (non-hydrogen) atoms. The van der Waals surface area contributed by atoms with Gasteiger partial charge in [-0.15, -0.1) is 0 Å². The Bertz CT molecular complexity index is 626. The summed E-state index contributed by atoms with van der Waals surface area (Å²) in [6, 6.07) is 10.7. The number of hydrogen-bond donors (Lipinski definition) is 2. The van der Waals surface area contributed by atoms with Crippen LogP contribution < -0.4 is 5.32 Å². The quantitative estimate of drug-likeness (QED) is 0.853. The number of para-hydroxylation sites is 1. The predicted molar refractivity (Wildman–Crippen MR) is 79.0 cm³/mol. The largest absolute Gasteiger partial charge is 0.481 e. The van der Waals surface area contributed by atoms with Gasteiger partial charge in [-0.05, 0) is 35.7 Å². The number of carboxylic acid groups (broad SMARTS) is 1. The molecule has 0 unspecified atom stereocenters. The van der Waals surface area contributed by atoms with Crippen molar-refractivity contribution < 1.29 is 14.7 Å². The highest BCUT2D eigenvalue weighted by molar-refractivity contribution is 5.92. The lowest BCUT2D eigenvalue weighted by Crippen LogP contribution is -2.14. The van der Waals surface area contributed by atoms with E-state index in [1.165, 1.54) is 0 Å². The lowest BCUT2D eigenvalue weighted by molar-refractivity contribution is -0.136. The number of anilines is 1. The van der Waals surface area contributed by atoms with Gasteiger partial charge in [-0.25, -0.2) is 0 Å². The van der Waals surface area contributed by atoms with Crippen molar-refractivity contribution in [2.75, 3.05) is 5.32 Å². The Morgan fingerprint density at radius 1 is 1.10 bits per heavy atom. The number of benzene rings is 1. The van der Waals surface area contributed by atoms with E-state index in [1.807, 2.05) is 12.1 Å².